The van der Waals surface area contributed by atoms with Crippen molar-refractivity contribution in [1.82, 2.24) is 19.9 Å². The van der Waals surface area contributed by atoms with E-state index in [1.165, 1.54) is 0 Å². The average molecular weight is 255 g/mol. The highest BCUT2D eigenvalue weighted by Crippen LogP contribution is 2.06. The molecule has 0 saturated heterocycles. The van der Waals surface area contributed by atoms with Gasteiger partial charge < -0.3 is 26.4 Å². The Morgan fingerprint density at radius 3 is 2.28 bits per heavy atom. The van der Waals surface area contributed by atoms with Gasteiger partial charge in [-0.25, -0.2) is 0 Å². The predicted molar refractivity (Wildman–Crippen MR) is 71.5 cm³/mol. The van der Waals surface area contributed by atoms with Crippen LogP contribution in [0.5, 0.6) is 0 Å². The Balaban J connectivity index is 2.46. The second-order valence-electron chi connectivity index (χ2n) is 4.07. The molecule has 1 rings (SSSR count). The number of aliphatic hydroxyl groups excluding tert-OH is 1. The van der Waals surface area contributed by atoms with Gasteiger partial charge in [0.2, 0.25) is 17.8 Å². The molecular weight excluding hydrogens is 234 g/mol. The third-order valence-electron chi connectivity index (χ3n) is 2.11. The maximum absolute atomic E-state index is 8.71. The first-order valence-electron chi connectivity index (χ1n) is 5.86. The average Bonchev–Trinajstić information content (AvgIpc) is 2.31. The number of nitrogens with zero attached hydrogens (tertiary/aromatic N) is 4. The minimum atomic E-state index is 0.0111. The molecule has 0 atom stereocenters. The molecule has 18 heavy (non-hydrogen) atoms. The van der Waals surface area contributed by atoms with Crippen molar-refractivity contribution in [2.45, 2.75) is 6.42 Å². The van der Waals surface area contributed by atoms with Crippen LogP contribution < -0.4 is 16.4 Å². The van der Waals surface area contributed by atoms with E-state index in [2.05, 4.69) is 30.5 Å². The summed E-state index contributed by atoms with van der Waals surface area (Å²) in [5, 5.41) is 14.6. The fraction of sp³-hybridized carbons (Fsp3) is 0.700. The first-order chi connectivity index (χ1) is 8.61. The number of aliphatic hydroxyl groups is 1. The molecule has 0 unspecified atom stereocenters. The highest BCUT2D eigenvalue weighted by atomic mass is 16.3. The van der Waals surface area contributed by atoms with Gasteiger partial charge in [0.05, 0.1) is 6.61 Å². The van der Waals surface area contributed by atoms with Gasteiger partial charge in [-0.2, -0.15) is 15.0 Å². The first kappa shape index (κ1) is 14.4. The van der Waals surface area contributed by atoms with E-state index >= 15 is 0 Å². The van der Waals surface area contributed by atoms with Gasteiger partial charge in [-0.3, -0.25) is 0 Å². The minimum Gasteiger partial charge on any atom is -0.395 e. The third-order valence-corrected chi connectivity index (χ3v) is 2.11. The van der Waals surface area contributed by atoms with Crippen molar-refractivity contribution >= 4 is 17.8 Å². The molecular formula is C10H21N7O. The molecule has 8 nitrogen and oxygen atoms in total. The maximum atomic E-state index is 8.71. The zero-order valence-electron chi connectivity index (χ0n) is 10.8. The van der Waals surface area contributed by atoms with Crippen molar-refractivity contribution in [2.24, 2.45) is 0 Å². The summed E-state index contributed by atoms with van der Waals surface area (Å²) in [6.07, 6.45) is 0.984. The number of hydrogen-bond donors (Lipinski definition) is 4. The summed E-state index contributed by atoms with van der Waals surface area (Å²) in [6, 6.07) is 0. The summed E-state index contributed by atoms with van der Waals surface area (Å²) < 4.78 is 0. The number of nitrogen functional groups attached to an aromatic ring is 1. The third kappa shape index (κ3) is 5.60. The van der Waals surface area contributed by atoms with Crippen LogP contribution in [0.25, 0.3) is 0 Å². The Morgan fingerprint density at radius 2 is 1.72 bits per heavy atom. The zero-order valence-corrected chi connectivity index (χ0v) is 10.8. The normalized spacial score (nSPS) is 10.7. The van der Waals surface area contributed by atoms with E-state index in [4.69, 9.17) is 10.8 Å². The summed E-state index contributed by atoms with van der Waals surface area (Å²) in [6.45, 7) is 2.14. The van der Waals surface area contributed by atoms with Gasteiger partial charge in [0.1, 0.15) is 0 Å². The van der Waals surface area contributed by atoms with E-state index in [9.17, 15) is 0 Å². The molecule has 1 aromatic heterocycles. The van der Waals surface area contributed by atoms with Crippen LogP contribution in [0.2, 0.25) is 0 Å². The predicted octanol–water partition coefficient (Wildman–Crippen LogP) is -0.778. The number of aromatic nitrogens is 3. The van der Waals surface area contributed by atoms with E-state index < -0.39 is 0 Å². The summed E-state index contributed by atoms with van der Waals surface area (Å²) in [4.78, 5) is 14.1. The number of hydrogen-bond acceptors (Lipinski definition) is 8. The van der Waals surface area contributed by atoms with E-state index in [1.54, 1.807) is 0 Å². The smallest absolute Gasteiger partial charge is 0.229 e. The zero-order chi connectivity index (χ0) is 13.4. The Labute approximate surface area is 107 Å². The lowest BCUT2D eigenvalue weighted by atomic mass is 10.4. The topological polar surface area (TPSA) is 112 Å². The molecule has 0 spiro atoms. The Morgan fingerprint density at radius 1 is 1.11 bits per heavy atom. The summed E-state index contributed by atoms with van der Waals surface area (Å²) in [7, 11) is 4.05. The van der Waals surface area contributed by atoms with Crippen LogP contribution in [0, 0.1) is 0 Å². The molecule has 1 heterocycles. The van der Waals surface area contributed by atoms with Crippen LogP contribution in [0.15, 0.2) is 0 Å². The summed E-state index contributed by atoms with van der Waals surface area (Å²) >= 11 is 0. The summed E-state index contributed by atoms with van der Waals surface area (Å²) in [5.74, 6) is 0.967. The van der Waals surface area contributed by atoms with E-state index in [1.807, 2.05) is 14.1 Å². The molecule has 0 aliphatic heterocycles. The van der Waals surface area contributed by atoms with Crippen LogP contribution in [-0.4, -0.2) is 65.3 Å². The molecule has 0 aliphatic carbocycles. The molecule has 0 aliphatic rings. The van der Waals surface area contributed by atoms with Crippen LogP contribution in [0.4, 0.5) is 17.8 Å². The van der Waals surface area contributed by atoms with Gasteiger partial charge in [0, 0.05) is 13.1 Å². The Hall–Kier alpha value is -1.67. The van der Waals surface area contributed by atoms with Crippen LogP contribution >= 0.6 is 0 Å². The monoisotopic (exact) mass is 255 g/mol. The molecule has 0 aromatic carbocycles. The molecule has 0 amide bonds. The lowest BCUT2D eigenvalue weighted by molar-refractivity contribution is 0.311. The first-order valence-corrected chi connectivity index (χ1v) is 5.86. The standard InChI is InChI=1S/C10H21N7O/c1-17(2)6-3-4-12-9-14-8(11)15-10(16-9)13-5-7-18/h18H,3-7H2,1-2H3,(H4,11,12,13,14,15,16). The SMILES string of the molecule is CN(C)CCCNc1nc(N)nc(NCCO)n1. The molecule has 1 aromatic rings. The number of nitrogens with two attached hydrogens (primary N) is 1. The van der Waals surface area contributed by atoms with Crippen molar-refractivity contribution in [3.8, 4) is 0 Å². The van der Waals surface area contributed by atoms with Gasteiger partial charge in [0.15, 0.2) is 0 Å². The highest BCUT2D eigenvalue weighted by molar-refractivity contribution is 5.39. The van der Waals surface area contributed by atoms with Crippen molar-refractivity contribution < 1.29 is 5.11 Å². The molecule has 0 bridgehead atoms. The van der Waals surface area contributed by atoms with Gasteiger partial charge in [-0.05, 0) is 27.1 Å². The van der Waals surface area contributed by atoms with E-state index in [0.29, 0.717) is 18.4 Å². The molecule has 8 heteroatoms. The molecule has 0 fully saturated rings. The molecule has 102 valence electrons. The van der Waals surface area contributed by atoms with Gasteiger partial charge in [0.25, 0.3) is 0 Å². The van der Waals surface area contributed by atoms with Gasteiger partial charge in [-0.15, -0.1) is 0 Å². The maximum Gasteiger partial charge on any atom is 0.229 e. The second kappa shape index (κ2) is 7.62. The number of nitrogens with one attached hydrogen (secondary N) is 2. The van der Waals surface area contributed by atoms with E-state index in [0.717, 1.165) is 19.5 Å². The highest BCUT2D eigenvalue weighted by Gasteiger charge is 2.03. The number of anilines is 3. The van der Waals surface area contributed by atoms with Gasteiger partial charge in [-0.1, -0.05) is 0 Å². The molecule has 0 radical (unpaired) electrons. The fourth-order valence-electron chi connectivity index (χ4n) is 1.31. The lowest BCUT2D eigenvalue weighted by Crippen LogP contribution is -2.18. The Kier molecular flexibility index (Phi) is 6.09. The minimum absolute atomic E-state index is 0.0111. The molecule has 0 saturated carbocycles. The quantitative estimate of drug-likeness (QED) is 0.448. The largest absolute Gasteiger partial charge is 0.395 e. The Bertz CT molecular complexity index is 358. The molecule has 5 N–H and O–H groups in total. The summed E-state index contributed by atoms with van der Waals surface area (Å²) in [5.41, 5.74) is 5.57. The van der Waals surface area contributed by atoms with Crippen molar-refractivity contribution in [3.05, 3.63) is 0 Å². The van der Waals surface area contributed by atoms with Crippen LogP contribution in [-0.2, 0) is 0 Å². The second-order valence-corrected chi connectivity index (χ2v) is 4.07. The van der Waals surface area contributed by atoms with Crippen LogP contribution in [0.3, 0.4) is 0 Å². The number of rotatable bonds is 8. The van der Waals surface area contributed by atoms with Crippen molar-refractivity contribution in [1.29, 1.82) is 0 Å². The van der Waals surface area contributed by atoms with Gasteiger partial charge >= 0.3 is 0 Å². The lowest BCUT2D eigenvalue weighted by Gasteiger charge is -2.10. The van der Waals surface area contributed by atoms with E-state index in [-0.39, 0.29) is 12.6 Å². The van der Waals surface area contributed by atoms with Crippen molar-refractivity contribution in [2.75, 3.05) is 56.7 Å². The van der Waals surface area contributed by atoms with Crippen LogP contribution in [0.1, 0.15) is 6.42 Å². The fourth-order valence-corrected chi connectivity index (χ4v) is 1.31. The van der Waals surface area contributed by atoms with Crippen molar-refractivity contribution in [3.63, 3.8) is 0 Å².